The second kappa shape index (κ2) is 7.64. The summed E-state index contributed by atoms with van der Waals surface area (Å²) in [6, 6.07) is 9.15. The van der Waals surface area contributed by atoms with E-state index in [2.05, 4.69) is 5.32 Å². The lowest BCUT2D eigenvalue weighted by Crippen LogP contribution is -2.46. The number of alkyl carbamates (subject to hydrolysis) is 1. The molecule has 0 saturated carbocycles. The fourth-order valence-electron chi connectivity index (χ4n) is 2.33. The van der Waals surface area contributed by atoms with Gasteiger partial charge in [-0.15, -0.1) is 0 Å². The summed E-state index contributed by atoms with van der Waals surface area (Å²) < 4.78 is 10.4. The molecular weight excluding hydrogens is 274 g/mol. The van der Waals surface area contributed by atoms with Gasteiger partial charge in [0.05, 0.1) is 13.0 Å². The Labute approximate surface area is 123 Å². The molecule has 0 radical (unpaired) electrons. The second-order valence-electron chi connectivity index (χ2n) is 5.03. The lowest BCUT2D eigenvalue weighted by molar-refractivity contribution is -0.139. The minimum atomic E-state index is -0.894. The average molecular weight is 293 g/mol. The van der Waals surface area contributed by atoms with E-state index in [9.17, 15) is 9.59 Å². The number of hydrogen-bond donors (Lipinski definition) is 2. The van der Waals surface area contributed by atoms with Gasteiger partial charge in [0.25, 0.3) is 0 Å². The topological polar surface area (TPSA) is 84.9 Å². The van der Waals surface area contributed by atoms with Crippen LogP contribution in [0, 0.1) is 5.92 Å². The van der Waals surface area contributed by atoms with Crippen LogP contribution in [0.25, 0.3) is 0 Å². The van der Waals surface area contributed by atoms with Crippen LogP contribution in [0.3, 0.4) is 0 Å². The van der Waals surface area contributed by atoms with Crippen molar-refractivity contribution in [3.63, 3.8) is 0 Å². The minimum Gasteiger partial charge on any atom is -0.481 e. The Morgan fingerprint density at radius 2 is 2.10 bits per heavy atom. The largest absolute Gasteiger partial charge is 0.481 e. The Balaban J connectivity index is 1.81. The Bertz CT molecular complexity index is 476. The third-order valence-electron chi connectivity index (χ3n) is 3.43. The highest BCUT2D eigenvalue weighted by molar-refractivity contribution is 5.69. The third-order valence-corrected chi connectivity index (χ3v) is 3.43. The van der Waals surface area contributed by atoms with E-state index in [1.165, 1.54) is 0 Å². The molecule has 6 heteroatoms. The molecular formula is C15H19NO5. The molecule has 114 valence electrons. The van der Waals surface area contributed by atoms with Gasteiger partial charge in [-0.25, -0.2) is 4.79 Å². The quantitative estimate of drug-likeness (QED) is 0.864. The summed E-state index contributed by atoms with van der Waals surface area (Å²) in [5.41, 5.74) is 0.904. The molecule has 1 aliphatic heterocycles. The molecule has 1 aromatic rings. The van der Waals surface area contributed by atoms with E-state index in [0.29, 0.717) is 19.6 Å². The monoisotopic (exact) mass is 293 g/mol. The summed E-state index contributed by atoms with van der Waals surface area (Å²) in [5, 5.41) is 11.6. The molecule has 0 aliphatic carbocycles. The van der Waals surface area contributed by atoms with Gasteiger partial charge in [0.15, 0.2) is 0 Å². The van der Waals surface area contributed by atoms with E-state index >= 15 is 0 Å². The van der Waals surface area contributed by atoms with Gasteiger partial charge < -0.3 is 19.9 Å². The first kappa shape index (κ1) is 15.3. The molecule has 0 spiro atoms. The van der Waals surface area contributed by atoms with Crippen LogP contribution in [-0.2, 0) is 20.9 Å². The SMILES string of the molecule is O=C(O)CC1COCCC1NC(=O)OCc1ccccc1. The molecule has 0 aromatic heterocycles. The summed E-state index contributed by atoms with van der Waals surface area (Å²) in [7, 11) is 0. The Morgan fingerprint density at radius 3 is 2.81 bits per heavy atom. The average Bonchev–Trinajstić information content (AvgIpc) is 2.48. The number of carbonyl (C=O) groups is 2. The van der Waals surface area contributed by atoms with Gasteiger partial charge in [0, 0.05) is 18.6 Å². The number of ether oxygens (including phenoxy) is 2. The summed E-state index contributed by atoms with van der Waals surface area (Å²) in [6.07, 6.45) is 0.0447. The van der Waals surface area contributed by atoms with E-state index in [1.807, 2.05) is 30.3 Å². The van der Waals surface area contributed by atoms with Crippen LogP contribution in [0.2, 0.25) is 0 Å². The van der Waals surface area contributed by atoms with Crippen LogP contribution in [0.15, 0.2) is 30.3 Å². The predicted molar refractivity (Wildman–Crippen MR) is 74.7 cm³/mol. The Morgan fingerprint density at radius 1 is 1.33 bits per heavy atom. The van der Waals surface area contributed by atoms with Gasteiger partial charge in [-0.2, -0.15) is 0 Å². The zero-order valence-electron chi connectivity index (χ0n) is 11.7. The van der Waals surface area contributed by atoms with Crippen molar-refractivity contribution < 1.29 is 24.2 Å². The van der Waals surface area contributed by atoms with Crippen molar-refractivity contribution in [2.75, 3.05) is 13.2 Å². The molecule has 1 saturated heterocycles. The summed E-state index contributed by atoms with van der Waals surface area (Å²) >= 11 is 0. The van der Waals surface area contributed by atoms with E-state index in [-0.39, 0.29) is 25.0 Å². The number of amides is 1. The first-order valence-electron chi connectivity index (χ1n) is 6.92. The van der Waals surface area contributed by atoms with Crippen molar-refractivity contribution in [2.45, 2.75) is 25.5 Å². The molecule has 2 N–H and O–H groups in total. The zero-order valence-corrected chi connectivity index (χ0v) is 11.7. The first-order valence-corrected chi connectivity index (χ1v) is 6.92. The van der Waals surface area contributed by atoms with E-state index in [4.69, 9.17) is 14.6 Å². The first-order chi connectivity index (χ1) is 10.1. The second-order valence-corrected chi connectivity index (χ2v) is 5.03. The maximum absolute atomic E-state index is 11.8. The van der Waals surface area contributed by atoms with Crippen molar-refractivity contribution in [3.05, 3.63) is 35.9 Å². The molecule has 1 fully saturated rings. The number of carboxylic acids is 1. The maximum Gasteiger partial charge on any atom is 0.407 e. The van der Waals surface area contributed by atoms with Crippen LogP contribution < -0.4 is 5.32 Å². The van der Waals surface area contributed by atoms with Gasteiger partial charge >= 0.3 is 12.1 Å². The van der Waals surface area contributed by atoms with Crippen molar-refractivity contribution >= 4 is 12.1 Å². The van der Waals surface area contributed by atoms with Crippen LogP contribution >= 0.6 is 0 Å². The number of benzene rings is 1. The molecule has 1 aromatic carbocycles. The van der Waals surface area contributed by atoms with Crippen LogP contribution in [0.4, 0.5) is 4.79 Å². The number of nitrogens with one attached hydrogen (secondary N) is 1. The normalized spacial score (nSPS) is 21.5. The van der Waals surface area contributed by atoms with Crippen molar-refractivity contribution in [1.82, 2.24) is 5.32 Å². The molecule has 2 atom stereocenters. The molecule has 1 aliphatic rings. The minimum absolute atomic E-state index is 0.0242. The van der Waals surface area contributed by atoms with Gasteiger partial charge in [-0.1, -0.05) is 30.3 Å². The molecule has 2 rings (SSSR count). The number of rotatable bonds is 5. The van der Waals surface area contributed by atoms with E-state index < -0.39 is 12.1 Å². The summed E-state index contributed by atoms with van der Waals surface area (Å²) in [6.45, 7) is 1.05. The molecule has 1 heterocycles. The van der Waals surface area contributed by atoms with Gasteiger partial charge in [-0.05, 0) is 12.0 Å². The fraction of sp³-hybridized carbons (Fsp3) is 0.467. The fourth-order valence-corrected chi connectivity index (χ4v) is 2.33. The summed E-state index contributed by atoms with van der Waals surface area (Å²) in [4.78, 5) is 22.6. The zero-order chi connectivity index (χ0) is 15.1. The Hall–Kier alpha value is -2.08. The van der Waals surface area contributed by atoms with Crippen molar-refractivity contribution in [1.29, 1.82) is 0 Å². The molecule has 0 bridgehead atoms. The highest BCUT2D eigenvalue weighted by Gasteiger charge is 2.29. The van der Waals surface area contributed by atoms with Crippen LogP contribution in [0.1, 0.15) is 18.4 Å². The van der Waals surface area contributed by atoms with Crippen molar-refractivity contribution in [2.24, 2.45) is 5.92 Å². The lowest BCUT2D eigenvalue weighted by Gasteiger charge is -2.30. The lowest BCUT2D eigenvalue weighted by atomic mass is 9.93. The van der Waals surface area contributed by atoms with Gasteiger partial charge in [-0.3, -0.25) is 4.79 Å². The maximum atomic E-state index is 11.8. The molecule has 6 nitrogen and oxygen atoms in total. The molecule has 2 unspecified atom stereocenters. The molecule has 21 heavy (non-hydrogen) atoms. The standard InChI is InChI=1S/C15H19NO5/c17-14(18)8-12-10-20-7-6-13(12)16-15(19)21-9-11-4-2-1-3-5-11/h1-5,12-13H,6-10H2,(H,16,19)(H,17,18). The highest BCUT2D eigenvalue weighted by atomic mass is 16.5. The van der Waals surface area contributed by atoms with Crippen LogP contribution in [0.5, 0.6) is 0 Å². The van der Waals surface area contributed by atoms with Crippen molar-refractivity contribution in [3.8, 4) is 0 Å². The van der Waals surface area contributed by atoms with Gasteiger partial charge in [0.1, 0.15) is 6.61 Å². The number of hydrogen-bond acceptors (Lipinski definition) is 4. The summed E-state index contributed by atoms with van der Waals surface area (Å²) in [5.74, 6) is -1.12. The molecule has 1 amide bonds. The number of aliphatic carboxylic acids is 1. The Kier molecular flexibility index (Phi) is 5.57. The smallest absolute Gasteiger partial charge is 0.407 e. The highest BCUT2D eigenvalue weighted by Crippen LogP contribution is 2.18. The predicted octanol–water partition coefficient (Wildman–Crippen LogP) is 1.79. The third kappa shape index (κ3) is 5.07. The van der Waals surface area contributed by atoms with E-state index in [0.717, 1.165) is 5.56 Å². The number of carboxylic acid groups (broad SMARTS) is 1. The van der Waals surface area contributed by atoms with Crippen LogP contribution in [-0.4, -0.2) is 36.4 Å². The van der Waals surface area contributed by atoms with Gasteiger partial charge in [0.2, 0.25) is 0 Å². The number of carbonyl (C=O) groups excluding carboxylic acids is 1. The van der Waals surface area contributed by atoms with E-state index in [1.54, 1.807) is 0 Å².